The van der Waals surface area contributed by atoms with Gasteiger partial charge in [-0.05, 0) is 11.1 Å². The van der Waals surface area contributed by atoms with Gasteiger partial charge in [0.25, 0.3) is 0 Å². The summed E-state index contributed by atoms with van der Waals surface area (Å²) in [5.41, 5.74) is 2.80. The van der Waals surface area contributed by atoms with E-state index in [1.54, 1.807) is 13.3 Å². The van der Waals surface area contributed by atoms with Crippen LogP contribution in [-0.2, 0) is 6.61 Å². The van der Waals surface area contributed by atoms with Gasteiger partial charge in [0.15, 0.2) is 0 Å². The lowest BCUT2D eigenvalue weighted by Gasteiger charge is -2.08. The quantitative estimate of drug-likeness (QED) is 0.853. The second kappa shape index (κ2) is 4.77. The average molecular weight is 215 g/mol. The molecular formula is C13H13NO2. The Morgan fingerprint density at radius 3 is 2.62 bits per heavy atom. The molecule has 82 valence electrons. The summed E-state index contributed by atoms with van der Waals surface area (Å²) in [7, 11) is 1.58. The van der Waals surface area contributed by atoms with E-state index < -0.39 is 0 Å². The number of nitrogens with zero attached hydrogens (tertiary/aromatic N) is 1. The van der Waals surface area contributed by atoms with Crippen molar-refractivity contribution in [3.8, 4) is 17.0 Å². The first-order valence-electron chi connectivity index (χ1n) is 5.04. The van der Waals surface area contributed by atoms with Gasteiger partial charge in [-0.3, -0.25) is 0 Å². The van der Waals surface area contributed by atoms with Crippen LogP contribution in [0.1, 0.15) is 5.56 Å². The molecule has 1 aromatic heterocycles. The van der Waals surface area contributed by atoms with E-state index in [-0.39, 0.29) is 6.61 Å². The average Bonchev–Trinajstić information content (AvgIpc) is 2.39. The molecule has 0 bridgehead atoms. The third-order valence-electron chi connectivity index (χ3n) is 2.43. The lowest BCUT2D eigenvalue weighted by Crippen LogP contribution is -1.94. The number of pyridine rings is 1. The molecule has 16 heavy (non-hydrogen) atoms. The van der Waals surface area contributed by atoms with Gasteiger partial charge in [0.2, 0.25) is 5.88 Å². The van der Waals surface area contributed by atoms with Crippen molar-refractivity contribution < 1.29 is 9.84 Å². The Kier molecular flexibility index (Phi) is 3.17. The van der Waals surface area contributed by atoms with E-state index in [0.717, 1.165) is 16.7 Å². The third-order valence-corrected chi connectivity index (χ3v) is 2.43. The van der Waals surface area contributed by atoms with Gasteiger partial charge < -0.3 is 9.84 Å². The molecule has 0 amide bonds. The van der Waals surface area contributed by atoms with Crippen LogP contribution in [0.5, 0.6) is 5.88 Å². The van der Waals surface area contributed by atoms with E-state index in [1.807, 2.05) is 36.4 Å². The van der Waals surface area contributed by atoms with Crippen LogP contribution in [0.15, 0.2) is 42.6 Å². The Labute approximate surface area is 94.3 Å². The van der Waals surface area contributed by atoms with Crippen LogP contribution < -0.4 is 4.74 Å². The summed E-state index contributed by atoms with van der Waals surface area (Å²) in [6.07, 6.45) is 1.64. The van der Waals surface area contributed by atoms with Crippen LogP contribution in [-0.4, -0.2) is 17.2 Å². The van der Waals surface area contributed by atoms with Gasteiger partial charge in [-0.1, -0.05) is 30.3 Å². The molecule has 3 heteroatoms. The molecule has 0 atom stereocenters. The van der Waals surface area contributed by atoms with Gasteiger partial charge in [0.1, 0.15) is 0 Å². The number of methoxy groups -OCH3 is 1. The molecule has 0 aliphatic heterocycles. The molecule has 0 saturated heterocycles. The van der Waals surface area contributed by atoms with Crippen molar-refractivity contribution in [3.05, 3.63) is 48.2 Å². The molecule has 0 aliphatic carbocycles. The Hall–Kier alpha value is -1.87. The predicted octanol–water partition coefficient (Wildman–Crippen LogP) is 2.25. The number of rotatable bonds is 3. The van der Waals surface area contributed by atoms with Crippen molar-refractivity contribution in [1.82, 2.24) is 4.98 Å². The predicted molar refractivity (Wildman–Crippen MR) is 62.1 cm³/mol. The first-order valence-corrected chi connectivity index (χ1v) is 5.04. The Morgan fingerprint density at radius 2 is 2.00 bits per heavy atom. The van der Waals surface area contributed by atoms with Crippen molar-refractivity contribution in [2.24, 2.45) is 0 Å². The van der Waals surface area contributed by atoms with Crippen molar-refractivity contribution in [2.75, 3.05) is 7.11 Å². The molecule has 2 rings (SSSR count). The number of aromatic nitrogens is 1. The largest absolute Gasteiger partial charge is 0.481 e. The van der Waals surface area contributed by atoms with Crippen molar-refractivity contribution in [1.29, 1.82) is 0 Å². The smallest absolute Gasteiger partial charge is 0.213 e. The summed E-state index contributed by atoms with van der Waals surface area (Å²) >= 11 is 0. The van der Waals surface area contributed by atoms with Gasteiger partial charge in [-0.25, -0.2) is 4.98 Å². The van der Waals surface area contributed by atoms with Gasteiger partial charge in [0, 0.05) is 17.8 Å². The standard InChI is InChI=1S/C13H13NO2/c1-16-13-7-12(11(9-15)8-14-13)10-5-3-2-4-6-10/h2-8,15H,9H2,1H3. The first kappa shape index (κ1) is 10.6. The molecule has 0 fully saturated rings. The van der Waals surface area contributed by atoms with Crippen LogP contribution in [0.25, 0.3) is 11.1 Å². The van der Waals surface area contributed by atoms with Crippen molar-refractivity contribution in [2.45, 2.75) is 6.61 Å². The highest BCUT2D eigenvalue weighted by Gasteiger charge is 2.06. The highest BCUT2D eigenvalue weighted by Crippen LogP contribution is 2.26. The number of aliphatic hydroxyl groups is 1. The minimum Gasteiger partial charge on any atom is -0.481 e. The molecule has 2 aromatic rings. The minimum absolute atomic E-state index is 0.0266. The fourth-order valence-electron chi connectivity index (χ4n) is 1.59. The summed E-state index contributed by atoms with van der Waals surface area (Å²) in [6.45, 7) is -0.0266. The van der Waals surface area contributed by atoms with Gasteiger partial charge in [-0.2, -0.15) is 0 Å². The summed E-state index contributed by atoms with van der Waals surface area (Å²) < 4.78 is 5.08. The molecule has 1 N–H and O–H groups in total. The SMILES string of the molecule is COc1cc(-c2ccccc2)c(CO)cn1. The van der Waals surface area contributed by atoms with Crippen LogP contribution in [0.4, 0.5) is 0 Å². The Bertz CT molecular complexity index is 469. The van der Waals surface area contributed by atoms with Crippen LogP contribution >= 0.6 is 0 Å². The van der Waals surface area contributed by atoms with Crippen LogP contribution in [0.2, 0.25) is 0 Å². The van der Waals surface area contributed by atoms with E-state index >= 15 is 0 Å². The monoisotopic (exact) mass is 215 g/mol. The van der Waals surface area contributed by atoms with Gasteiger partial charge in [-0.15, -0.1) is 0 Å². The molecule has 0 unspecified atom stereocenters. The topological polar surface area (TPSA) is 42.4 Å². The second-order valence-electron chi connectivity index (χ2n) is 3.41. The molecule has 0 aliphatic rings. The van der Waals surface area contributed by atoms with Crippen LogP contribution in [0, 0.1) is 0 Å². The molecule has 3 nitrogen and oxygen atoms in total. The van der Waals surface area contributed by atoms with Crippen molar-refractivity contribution >= 4 is 0 Å². The minimum atomic E-state index is -0.0266. The summed E-state index contributed by atoms with van der Waals surface area (Å²) in [6, 6.07) is 11.7. The number of hydrogen-bond acceptors (Lipinski definition) is 3. The molecule has 1 heterocycles. The molecule has 0 saturated carbocycles. The number of aliphatic hydroxyl groups excluding tert-OH is 1. The van der Waals surface area contributed by atoms with Crippen molar-refractivity contribution in [3.63, 3.8) is 0 Å². The van der Waals surface area contributed by atoms with Crippen LogP contribution in [0.3, 0.4) is 0 Å². The normalized spacial score (nSPS) is 10.1. The summed E-state index contributed by atoms with van der Waals surface area (Å²) in [5.74, 6) is 0.552. The maximum Gasteiger partial charge on any atom is 0.213 e. The van der Waals surface area contributed by atoms with E-state index in [1.165, 1.54) is 0 Å². The second-order valence-corrected chi connectivity index (χ2v) is 3.41. The zero-order valence-electron chi connectivity index (χ0n) is 9.05. The third kappa shape index (κ3) is 2.04. The van der Waals surface area contributed by atoms with E-state index in [4.69, 9.17) is 4.74 Å². The van der Waals surface area contributed by atoms with Gasteiger partial charge in [0.05, 0.1) is 13.7 Å². The molecule has 0 radical (unpaired) electrons. The first-order chi connectivity index (χ1) is 7.85. The highest BCUT2D eigenvalue weighted by atomic mass is 16.5. The molecular weight excluding hydrogens is 202 g/mol. The number of hydrogen-bond donors (Lipinski definition) is 1. The lowest BCUT2D eigenvalue weighted by molar-refractivity contribution is 0.281. The van der Waals surface area contributed by atoms with E-state index in [2.05, 4.69) is 4.98 Å². The van der Waals surface area contributed by atoms with Gasteiger partial charge >= 0.3 is 0 Å². The fraction of sp³-hybridized carbons (Fsp3) is 0.154. The summed E-state index contributed by atoms with van der Waals surface area (Å²) in [5, 5.41) is 9.26. The Morgan fingerprint density at radius 1 is 1.25 bits per heavy atom. The highest BCUT2D eigenvalue weighted by molar-refractivity contribution is 5.67. The zero-order chi connectivity index (χ0) is 11.4. The zero-order valence-corrected chi connectivity index (χ0v) is 9.05. The van der Waals surface area contributed by atoms with E-state index in [9.17, 15) is 5.11 Å². The maximum absolute atomic E-state index is 9.26. The number of benzene rings is 1. The number of ether oxygens (including phenoxy) is 1. The Balaban J connectivity index is 2.53. The fourth-order valence-corrected chi connectivity index (χ4v) is 1.59. The molecule has 0 spiro atoms. The molecule has 1 aromatic carbocycles. The summed E-state index contributed by atoms with van der Waals surface area (Å²) in [4.78, 5) is 4.07. The maximum atomic E-state index is 9.26. The lowest BCUT2D eigenvalue weighted by atomic mass is 10.0. The van der Waals surface area contributed by atoms with E-state index in [0.29, 0.717) is 5.88 Å².